The maximum absolute atomic E-state index is 12.0. The van der Waals surface area contributed by atoms with Gasteiger partial charge in [-0.3, -0.25) is 4.79 Å². The Labute approximate surface area is 102 Å². The topological polar surface area (TPSA) is 32.3 Å². The average Bonchev–Trinajstić information content (AvgIpc) is 2.85. The SMILES string of the molecule is CN(C(=O)C1CCNC1)c1ccc(Br)s1. The second-order valence-electron chi connectivity index (χ2n) is 3.66. The molecule has 1 N–H and O–H groups in total. The Morgan fingerprint density at radius 2 is 2.47 bits per heavy atom. The number of amides is 1. The van der Waals surface area contributed by atoms with E-state index in [0.29, 0.717) is 0 Å². The van der Waals surface area contributed by atoms with Crippen molar-refractivity contribution in [1.29, 1.82) is 0 Å². The lowest BCUT2D eigenvalue weighted by Crippen LogP contribution is -2.33. The van der Waals surface area contributed by atoms with Crippen molar-refractivity contribution in [3.05, 3.63) is 15.9 Å². The molecule has 82 valence electrons. The molecule has 1 aliphatic rings. The minimum Gasteiger partial charge on any atom is -0.316 e. The van der Waals surface area contributed by atoms with Crippen LogP contribution in [-0.4, -0.2) is 26.0 Å². The molecule has 1 amide bonds. The molecule has 1 saturated heterocycles. The molecule has 3 nitrogen and oxygen atoms in total. The van der Waals surface area contributed by atoms with Gasteiger partial charge in [-0.2, -0.15) is 0 Å². The molecule has 0 spiro atoms. The lowest BCUT2D eigenvalue weighted by atomic mass is 10.1. The van der Waals surface area contributed by atoms with E-state index in [1.165, 1.54) is 0 Å². The van der Waals surface area contributed by atoms with Crippen LogP contribution in [0, 0.1) is 5.92 Å². The fraction of sp³-hybridized carbons (Fsp3) is 0.500. The van der Waals surface area contributed by atoms with Gasteiger partial charge in [0.15, 0.2) is 0 Å². The van der Waals surface area contributed by atoms with Crippen LogP contribution in [0.1, 0.15) is 6.42 Å². The van der Waals surface area contributed by atoms with Gasteiger partial charge in [-0.15, -0.1) is 11.3 Å². The number of carbonyl (C=O) groups is 1. The number of carbonyl (C=O) groups excluding carboxylic acids is 1. The normalized spacial score (nSPS) is 20.5. The van der Waals surface area contributed by atoms with Crippen LogP contribution >= 0.6 is 27.3 Å². The van der Waals surface area contributed by atoms with Gasteiger partial charge < -0.3 is 10.2 Å². The first-order chi connectivity index (χ1) is 7.18. The molecular weight excluding hydrogens is 276 g/mol. The van der Waals surface area contributed by atoms with Crippen LogP contribution in [0.3, 0.4) is 0 Å². The maximum atomic E-state index is 12.0. The van der Waals surface area contributed by atoms with E-state index in [9.17, 15) is 4.79 Å². The van der Waals surface area contributed by atoms with Gasteiger partial charge in [-0.25, -0.2) is 0 Å². The molecular formula is C10H13BrN2OS. The van der Waals surface area contributed by atoms with Crippen molar-refractivity contribution in [3.8, 4) is 0 Å². The van der Waals surface area contributed by atoms with E-state index >= 15 is 0 Å². The maximum Gasteiger partial charge on any atom is 0.231 e. The van der Waals surface area contributed by atoms with Crippen LogP contribution in [0.4, 0.5) is 5.00 Å². The van der Waals surface area contributed by atoms with Crippen molar-refractivity contribution in [1.82, 2.24) is 5.32 Å². The first-order valence-electron chi connectivity index (χ1n) is 4.92. The van der Waals surface area contributed by atoms with Gasteiger partial charge in [0, 0.05) is 13.6 Å². The van der Waals surface area contributed by atoms with E-state index < -0.39 is 0 Å². The predicted octanol–water partition coefficient (Wildman–Crippen LogP) is 2.08. The minimum absolute atomic E-state index is 0.149. The molecule has 1 fully saturated rings. The van der Waals surface area contributed by atoms with Gasteiger partial charge in [0.25, 0.3) is 0 Å². The van der Waals surface area contributed by atoms with Crippen molar-refractivity contribution in [2.75, 3.05) is 25.0 Å². The summed E-state index contributed by atoms with van der Waals surface area (Å²) >= 11 is 4.99. The monoisotopic (exact) mass is 288 g/mol. The third kappa shape index (κ3) is 2.41. The first kappa shape index (κ1) is 11.1. The van der Waals surface area contributed by atoms with E-state index in [4.69, 9.17) is 0 Å². The summed E-state index contributed by atoms with van der Waals surface area (Å²) < 4.78 is 1.06. The van der Waals surface area contributed by atoms with Gasteiger partial charge in [0.1, 0.15) is 0 Å². The van der Waals surface area contributed by atoms with E-state index in [2.05, 4.69) is 21.2 Å². The molecule has 1 aliphatic heterocycles. The van der Waals surface area contributed by atoms with Crippen molar-refractivity contribution in [2.24, 2.45) is 5.92 Å². The van der Waals surface area contributed by atoms with Crippen LogP contribution in [-0.2, 0) is 4.79 Å². The van der Waals surface area contributed by atoms with Crippen molar-refractivity contribution in [3.63, 3.8) is 0 Å². The molecule has 2 heterocycles. The zero-order chi connectivity index (χ0) is 10.8. The quantitative estimate of drug-likeness (QED) is 0.904. The van der Waals surface area contributed by atoms with Crippen LogP contribution < -0.4 is 10.2 Å². The molecule has 5 heteroatoms. The molecule has 1 unspecified atom stereocenters. The van der Waals surface area contributed by atoms with E-state index in [-0.39, 0.29) is 11.8 Å². The Bertz CT molecular complexity index is 360. The summed E-state index contributed by atoms with van der Waals surface area (Å²) in [7, 11) is 1.85. The molecule has 1 atom stereocenters. The highest BCUT2D eigenvalue weighted by Crippen LogP contribution is 2.30. The molecule has 0 radical (unpaired) electrons. The standard InChI is InChI=1S/C10H13BrN2OS/c1-13(9-3-2-8(11)15-9)10(14)7-4-5-12-6-7/h2-3,7,12H,4-6H2,1H3. The van der Waals surface area contributed by atoms with E-state index in [1.807, 2.05) is 19.2 Å². The number of anilines is 1. The van der Waals surface area contributed by atoms with Gasteiger partial charge in [-0.05, 0) is 41.0 Å². The van der Waals surface area contributed by atoms with Crippen LogP contribution in [0.2, 0.25) is 0 Å². The smallest absolute Gasteiger partial charge is 0.231 e. The van der Waals surface area contributed by atoms with Gasteiger partial charge >= 0.3 is 0 Å². The Kier molecular flexibility index (Phi) is 3.43. The van der Waals surface area contributed by atoms with Crippen molar-refractivity contribution in [2.45, 2.75) is 6.42 Å². The Hall–Kier alpha value is -0.390. The summed E-state index contributed by atoms with van der Waals surface area (Å²) in [5, 5.41) is 4.21. The Balaban J connectivity index is 2.06. The summed E-state index contributed by atoms with van der Waals surface area (Å²) in [6, 6.07) is 3.94. The highest BCUT2D eigenvalue weighted by molar-refractivity contribution is 9.11. The van der Waals surface area contributed by atoms with Crippen LogP contribution in [0.25, 0.3) is 0 Å². The summed E-state index contributed by atoms with van der Waals surface area (Å²) in [6.07, 6.45) is 0.954. The zero-order valence-electron chi connectivity index (χ0n) is 8.50. The highest BCUT2D eigenvalue weighted by atomic mass is 79.9. The minimum atomic E-state index is 0.149. The van der Waals surface area contributed by atoms with Gasteiger partial charge in [0.2, 0.25) is 5.91 Å². The van der Waals surface area contributed by atoms with Gasteiger partial charge in [0.05, 0.1) is 14.7 Å². The fourth-order valence-electron chi connectivity index (χ4n) is 1.73. The Morgan fingerprint density at radius 3 is 3.00 bits per heavy atom. The fourth-order valence-corrected chi connectivity index (χ4v) is 3.06. The summed E-state index contributed by atoms with van der Waals surface area (Å²) in [5.41, 5.74) is 0. The lowest BCUT2D eigenvalue weighted by Gasteiger charge is -2.18. The zero-order valence-corrected chi connectivity index (χ0v) is 10.9. The molecule has 0 saturated carbocycles. The number of nitrogens with zero attached hydrogens (tertiary/aromatic N) is 1. The lowest BCUT2D eigenvalue weighted by molar-refractivity contribution is -0.121. The summed E-state index contributed by atoms with van der Waals surface area (Å²) in [4.78, 5) is 13.8. The number of rotatable bonds is 2. The number of hydrogen-bond acceptors (Lipinski definition) is 3. The van der Waals surface area contributed by atoms with Crippen molar-refractivity contribution < 1.29 is 4.79 Å². The highest BCUT2D eigenvalue weighted by Gasteiger charge is 2.26. The third-order valence-corrected chi connectivity index (χ3v) is 4.33. The molecule has 15 heavy (non-hydrogen) atoms. The Morgan fingerprint density at radius 1 is 1.67 bits per heavy atom. The number of halogens is 1. The third-order valence-electron chi connectivity index (χ3n) is 2.63. The van der Waals surface area contributed by atoms with Crippen molar-refractivity contribution >= 4 is 38.2 Å². The number of nitrogens with one attached hydrogen (secondary N) is 1. The largest absolute Gasteiger partial charge is 0.316 e. The van der Waals surface area contributed by atoms with Gasteiger partial charge in [-0.1, -0.05) is 0 Å². The van der Waals surface area contributed by atoms with E-state index in [0.717, 1.165) is 28.3 Å². The molecule has 1 aromatic rings. The number of thiophene rings is 1. The average molecular weight is 289 g/mol. The second-order valence-corrected chi connectivity index (χ2v) is 6.11. The molecule has 0 aliphatic carbocycles. The first-order valence-corrected chi connectivity index (χ1v) is 6.53. The molecule has 1 aromatic heterocycles. The molecule has 2 rings (SSSR count). The summed E-state index contributed by atoms with van der Waals surface area (Å²) in [6.45, 7) is 1.77. The van der Waals surface area contributed by atoms with E-state index in [1.54, 1.807) is 16.2 Å². The number of hydrogen-bond donors (Lipinski definition) is 1. The predicted molar refractivity (Wildman–Crippen MR) is 66.4 cm³/mol. The van der Waals surface area contributed by atoms with Crippen LogP contribution in [0.15, 0.2) is 15.9 Å². The second kappa shape index (κ2) is 4.63. The molecule has 0 aromatic carbocycles. The molecule has 0 bridgehead atoms. The summed E-state index contributed by atoms with van der Waals surface area (Å²) in [5.74, 6) is 0.366. The van der Waals surface area contributed by atoms with Crippen LogP contribution in [0.5, 0.6) is 0 Å².